The van der Waals surface area contributed by atoms with Gasteiger partial charge in [-0.05, 0) is 12.5 Å². The van der Waals surface area contributed by atoms with Crippen molar-refractivity contribution in [3.63, 3.8) is 0 Å². The highest BCUT2D eigenvalue weighted by molar-refractivity contribution is 5.77. The lowest BCUT2D eigenvalue weighted by molar-refractivity contribution is 0.624. The fraction of sp³-hybridized carbons (Fsp3) is 0.375. The zero-order valence-corrected chi connectivity index (χ0v) is 10.4. The molecule has 17 heavy (non-hydrogen) atoms. The average molecular weight is 230 g/mol. The third-order valence-electron chi connectivity index (χ3n) is 2.59. The van der Waals surface area contributed by atoms with Crippen molar-refractivity contribution in [1.82, 2.24) is 0 Å². The fourth-order valence-electron chi connectivity index (χ4n) is 1.58. The second-order valence-electron chi connectivity index (χ2n) is 4.07. The Hall–Kier alpha value is -1.55. The molecule has 90 valence electrons. The van der Waals surface area contributed by atoms with Crippen molar-refractivity contribution in [2.45, 2.75) is 39.0 Å². The first-order chi connectivity index (χ1) is 8.25. The van der Waals surface area contributed by atoms with E-state index in [-0.39, 0.29) is 5.82 Å². The lowest BCUT2D eigenvalue weighted by Crippen LogP contribution is -1.85. The third-order valence-corrected chi connectivity index (χ3v) is 2.59. The minimum Gasteiger partial charge on any atom is -0.206 e. The van der Waals surface area contributed by atoms with E-state index in [1.807, 2.05) is 0 Å². The maximum atomic E-state index is 13.4. The van der Waals surface area contributed by atoms with Crippen LogP contribution in [0.15, 0.2) is 30.8 Å². The summed E-state index contributed by atoms with van der Waals surface area (Å²) in [5, 5.41) is 0. The Morgan fingerprint density at radius 1 is 1.24 bits per heavy atom. The molecule has 0 aliphatic rings. The molecule has 0 saturated heterocycles. The summed E-state index contributed by atoms with van der Waals surface area (Å²) in [6.45, 7) is 5.99. The molecule has 1 aromatic carbocycles. The Morgan fingerprint density at radius 3 is 2.71 bits per heavy atom. The molecule has 0 heterocycles. The average Bonchev–Trinajstić information content (AvgIpc) is 2.34. The van der Waals surface area contributed by atoms with Gasteiger partial charge in [-0.15, -0.1) is 0 Å². The van der Waals surface area contributed by atoms with E-state index in [4.69, 9.17) is 0 Å². The largest absolute Gasteiger partial charge is 0.206 e. The molecule has 0 atom stereocenters. The van der Waals surface area contributed by atoms with Gasteiger partial charge in [0.2, 0.25) is 0 Å². The number of allylic oxidation sites excluding steroid dienone is 1. The van der Waals surface area contributed by atoms with E-state index in [0.29, 0.717) is 11.1 Å². The summed E-state index contributed by atoms with van der Waals surface area (Å²) in [6.07, 6.45) is 5.70. The van der Waals surface area contributed by atoms with Gasteiger partial charge < -0.3 is 0 Å². The molecule has 0 N–H and O–H groups in total. The van der Waals surface area contributed by atoms with E-state index in [1.165, 1.54) is 25.3 Å². The van der Waals surface area contributed by atoms with Gasteiger partial charge in [-0.2, -0.15) is 0 Å². The van der Waals surface area contributed by atoms with Crippen molar-refractivity contribution in [3.05, 3.63) is 42.2 Å². The van der Waals surface area contributed by atoms with Gasteiger partial charge in [0.1, 0.15) is 5.82 Å². The monoisotopic (exact) mass is 230 g/mol. The second-order valence-corrected chi connectivity index (χ2v) is 4.07. The molecular formula is C16H19F. The van der Waals surface area contributed by atoms with Crippen LogP contribution in [0.1, 0.15) is 44.6 Å². The Bertz CT molecular complexity index is 421. The van der Waals surface area contributed by atoms with Gasteiger partial charge in [0.05, 0.1) is 0 Å². The van der Waals surface area contributed by atoms with E-state index in [0.717, 1.165) is 12.8 Å². The Kier molecular flexibility index (Phi) is 6.10. The van der Waals surface area contributed by atoms with Crippen LogP contribution in [-0.4, -0.2) is 0 Å². The molecule has 0 nitrogen and oxygen atoms in total. The highest BCUT2D eigenvalue weighted by Crippen LogP contribution is 2.15. The summed E-state index contributed by atoms with van der Waals surface area (Å²) in [7, 11) is 0. The van der Waals surface area contributed by atoms with Crippen LogP contribution in [0.4, 0.5) is 4.39 Å². The summed E-state index contributed by atoms with van der Waals surface area (Å²) in [5.41, 5.74) is 1.08. The van der Waals surface area contributed by atoms with Gasteiger partial charge in [0.15, 0.2) is 0 Å². The van der Waals surface area contributed by atoms with Crippen molar-refractivity contribution >= 4 is 5.57 Å². The number of benzene rings is 1. The molecule has 0 unspecified atom stereocenters. The number of hydrogen-bond donors (Lipinski definition) is 0. The van der Waals surface area contributed by atoms with E-state index in [9.17, 15) is 4.39 Å². The Labute approximate surface area is 104 Å². The van der Waals surface area contributed by atoms with E-state index < -0.39 is 0 Å². The summed E-state index contributed by atoms with van der Waals surface area (Å²) >= 11 is 0. The normalized spacial score (nSPS) is 9.53. The van der Waals surface area contributed by atoms with Crippen LogP contribution in [0.2, 0.25) is 0 Å². The van der Waals surface area contributed by atoms with Crippen LogP contribution in [0, 0.1) is 17.7 Å². The molecule has 1 aromatic rings. The SMILES string of the molecule is C=C(C#CCCCCCC)c1ccccc1F. The van der Waals surface area contributed by atoms with Gasteiger partial charge in [0.25, 0.3) is 0 Å². The van der Waals surface area contributed by atoms with Crippen LogP contribution < -0.4 is 0 Å². The smallest absolute Gasteiger partial charge is 0.131 e. The van der Waals surface area contributed by atoms with Crippen LogP contribution >= 0.6 is 0 Å². The molecule has 0 fully saturated rings. The third kappa shape index (κ3) is 4.87. The quantitative estimate of drug-likeness (QED) is 0.503. The molecule has 0 saturated carbocycles. The summed E-state index contributed by atoms with van der Waals surface area (Å²) in [6, 6.07) is 6.61. The fourth-order valence-corrected chi connectivity index (χ4v) is 1.58. The highest BCUT2D eigenvalue weighted by atomic mass is 19.1. The van der Waals surface area contributed by atoms with Gasteiger partial charge >= 0.3 is 0 Å². The molecule has 0 amide bonds. The predicted molar refractivity (Wildman–Crippen MR) is 72.0 cm³/mol. The van der Waals surface area contributed by atoms with Crippen molar-refractivity contribution < 1.29 is 4.39 Å². The first kappa shape index (κ1) is 13.5. The summed E-state index contributed by atoms with van der Waals surface area (Å²) in [5.74, 6) is 5.73. The highest BCUT2D eigenvalue weighted by Gasteiger charge is 2.01. The number of rotatable bonds is 5. The standard InChI is InChI=1S/C16H19F/c1-3-4-5-6-7-8-11-14(2)15-12-9-10-13-16(15)17/h9-10,12-13H,2-7H2,1H3. The minimum absolute atomic E-state index is 0.252. The second kappa shape index (κ2) is 7.68. The van der Waals surface area contributed by atoms with Crippen molar-refractivity contribution in [1.29, 1.82) is 0 Å². The molecule has 0 aliphatic heterocycles. The van der Waals surface area contributed by atoms with Crippen molar-refractivity contribution in [2.24, 2.45) is 0 Å². The van der Waals surface area contributed by atoms with Gasteiger partial charge in [0, 0.05) is 17.6 Å². The summed E-state index contributed by atoms with van der Waals surface area (Å²) in [4.78, 5) is 0. The lowest BCUT2D eigenvalue weighted by atomic mass is 10.1. The van der Waals surface area contributed by atoms with Gasteiger partial charge in [-0.3, -0.25) is 0 Å². The molecule has 1 heteroatoms. The maximum absolute atomic E-state index is 13.4. The zero-order chi connectivity index (χ0) is 12.5. The molecule has 0 aromatic heterocycles. The number of hydrogen-bond acceptors (Lipinski definition) is 0. The molecule has 0 spiro atoms. The van der Waals surface area contributed by atoms with E-state index >= 15 is 0 Å². The first-order valence-electron chi connectivity index (χ1n) is 6.18. The lowest BCUT2D eigenvalue weighted by Gasteiger charge is -1.99. The molecule has 0 bridgehead atoms. The molecule has 1 rings (SSSR count). The predicted octanol–water partition coefficient (Wildman–Crippen LogP) is 4.81. The molecular weight excluding hydrogens is 211 g/mol. The van der Waals surface area contributed by atoms with E-state index in [2.05, 4.69) is 25.3 Å². The minimum atomic E-state index is -0.252. The van der Waals surface area contributed by atoms with Gasteiger partial charge in [-0.1, -0.05) is 62.8 Å². The van der Waals surface area contributed by atoms with Crippen LogP contribution in [0.3, 0.4) is 0 Å². The van der Waals surface area contributed by atoms with Crippen LogP contribution in [0.5, 0.6) is 0 Å². The maximum Gasteiger partial charge on any atom is 0.131 e. The van der Waals surface area contributed by atoms with Crippen molar-refractivity contribution in [2.75, 3.05) is 0 Å². The first-order valence-corrected chi connectivity index (χ1v) is 6.18. The number of halogens is 1. The topological polar surface area (TPSA) is 0 Å². The van der Waals surface area contributed by atoms with Crippen LogP contribution in [0.25, 0.3) is 5.57 Å². The van der Waals surface area contributed by atoms with E-state index in [1.54, 1.807) is 18.2 Å². The molecule has 0 radical (unpaired) electrons. The summed E-state index contributed by atoms with van der Waals surface area (Å²) < 4.78 is 13.4. The Morgan fingerprint density at radius 2 is 2.00 bits per heavy atom. The Balaban J connectivity index is 2.45. The molecule has 0 aliphatic carbocycles. The van der Waals surface area contributed by atoms with Crippen LogP contribution in [-0.2, 0) is 0 Å². The number of unbranched alkanes of at least 4 members (excludes halogenated alkanes) is 4. The van der Waals surface area contributed by atoms with Crippen molar-refractivity contribution in [3.8, 4) is 11.8 Å². The van der Waals surface area contributed by atoms with Gasteiger partial charge in [-0.25, -0.2) is 4.39 Å². The zero-order valence-electron chi connectivity index (χ0n) is 10.4.